The van der Waals surface area contributed by atoms with E-state index in [9.17, 15) is 20.6 Å². The summed E-state index contributed by atoms with van der Waals surface area (Å²) < 4.78 is 332. The fourth-order valence-corrected chi connectivity index (χ4v) is 7.49. The smallest absolute Gasteiger partial charge is 0.0648 e. The third-order valence-electron chi connectivity index (χ3n) is 10.3. The number of hydrogen-bond acceptors (Lipinski definition) is 1. The minimum atomic E-state index is -3.98. The molecule has 2 aliphatic rings. The lowest BCUT2D eigenvalue weighted by atomic mass is 9.82. The molecule has 0 saturated heterocycles. The van der Waals surface area contributed by atoms with E-state index in [1.807, 2.05) is 0 Å². The third-order valence-corrected chi connectivity index (χ3v) is 10.3. The van der Waals surface area contributed by atoms with Gasteiger partial charge in [-0.1, -0.05) is 191 Å². The molecule has 9 aromatic carbocycles. The number of anilines is 3. The highest BCUT2D eigenvalue weighted by atomic mass is 15.1. The topological polar surface area (TPSA) is 3.24 Å². The zero-order valence-electron chi connectivity index (χ0n) is 66.1. The molecular weight excluding hydrogens is 711 g/mol. The molecule has 0 heterocycles. The monoisotopic (exact) mass is 792 g/mol. The Bertz CT molecular complexity index is 4870. The van der Waals surface area contributed by atoms with Gasteiger partial charge in [0.25, 0.3) is 0 Å². The summed E-state index contributed by atoms with van der Waals surface area (Å²) >= 11 is 0. The van der Waals surface area contributed by atoms with E-state index < -0.39 is 278 Å². The Morgan fingerprint density at radius 2 is 1.12 bits per heavy atom. The number of hydrogen-bond donors (Lipinski definition) is 0. The van der Waals surface area contributed by atoms with Crippen LogP contribution in [0.3, 0.4) is 0 Å². The maximum absolute atomic E-state index is 10.2. The summed E-state index contributed by atoms with van der Waals surface area (Å²) in [6, 6.07) is -15.5. The fraction of sp³-hybridized carbons (Fsp3) is 0.103. The van der Waals surface area contributed by atoms with Crippen molar-refractivity contribution >= 4 is 27.8 Å². The van der Waals surface area contributed by atoms with E-state index in [-0.39, 0.29) is 15.8 Å². The Kier molecular flexibility index (Phi) is 3.18. The normalized spacial score (nSPS) is 23.6. The molecule has 0 unspecified atom stereocenters. The summed E-state index contributed by atoms with van der Waals surface area (Å²) in [5.74, 6) is 0. The van der Waals surface area contributed by atoms with Gasteiger partial charge in [-0.3, -0.25) is 0 Å². The number of fused-ring (bicyclic) bond motifs is 7. The molecule has 11 rings (SSSR count). The van der Waals surface area contributed by atoms with Crippen LogP contribution < -0.4 is 4.90 Å². The first-order valence-electron chi connectivity index (χ1n) is 35.9. The second-order valence-electron chi connectivity index (χ2n) is 13.7. The van der Waals surface area contributed by atoms with Crippen LogP contribution in [0, 0.1) is 0 Å². The second-order valence-corrected chi connectivity index (χ2v) is 13.7. The Morgan fingerprint density at radius 3 is 1.97 bits per heavy atom. The molecule has 0 saturated carbocycles. The predicted molar refractivity (Wildman–Crippen MR) is 250 cm³/mol. The van der Waals surface area contributed by atoms with Gasteiger partial charge in [-0.05, 0) is 125 Å². The molecule has 0 radical (unpaired) electrons. The van der Waals surface area contributed by atoms with E-state index in [1.54, 1.807) is 0 Å². The Morgan fingerprint density at radius 1 is 0.407 bits per heavy atom. The second kappa shape index (κ2) is 13.3. The van der Waals surface area contributed by atoms with Crippen LogP contribution in [0.1, 0.15) is 99.0 Å². The van der Waals surface area contributed by atoms with Crippen molar-refractivity contribution in [2.24, 2.45) is 0 Å². The highest BCUT2D eigenvalue weighted by Gasteiger charge is 2.37. The van der Waals surface area contributed by atoms with Gasteiger partial charge in [-0.25, -0.2) is 0 Å². The van der Waals surface area contributed by atoms with Gasteiger partial charge >= 0.3 is 0 Å². The minimum absolute atomic E-state index is 0.247. The van der Waals surface area contributed by atoms with Crippen LogP contribution in [0.5, 0.6) is 0 Å². The molecule has 1 nitrogen and oxygen atoms in total. The lowest BCUT2D eigenvalue weighted by molar-refractivity contribution is 0.660. The van der Waals surface area contributed by atoms with Gasteiger partial charge in [0.05, 0.1) is 32.9 Å². The average molecular weight is 792 g/mol. The summed E-state index contributed by atoms with van der Waals surface area (Å²) in [6.07, 6.45) is 0. The summed E-state index contributed by atoms with van der Waals surface area (Å²) in [6.45, 7) is -15.4. The third kappa shape index (κ3) is 5.53. The van der Waals surface area contributed by atoms with E-state index in [2.05, 4.69) is 0 Å². The minimum Gasteiger partial charge on any atom is -0.310 e. The predicted octanol–water partition coefficient (Wildman–Crippen LogP) is 15.9. The van der Waals surface area contributed by atoms with E-state index in [0.717, 1.165) is 42.5 Å². The number of rotatable bonds is 6. The molecule has 0 aromatic heterocycles. The zero-order chi connectivity index (χ0) is 70.8. The highest BCUT2D eigenvalue weighted by molar-refractivity contribution is 6.04. The number of nitrogens with zero attached hydrogens (tertiary/aromatic N) is 1. The van der Waals surface area contributed by atoms with Gasteiger partial charge in [-0.15, -0.1) is 0 Å². The van der Waals surface area contributed by atoms with Crippen LogP contribution in [-0.4, -0.2) is 0 Å². The maximum atomic E-state index is 10.2. The molecule has 0 atom stereocenters. The molecule has 59 heavy (non-hydrogen) atoms. The molecule has 0 fully saturated rings. The van der Waals surface area contributed by atoms with Crippen molar-refractivity contribution in [2.75, 3.05) is 4.90 Å². The molecule has 0 N–H and O–H groups in total. The Labute approximate surface area is 398 Å². The average Bonchev–Trinajstić information content (AvgIpc) is 1.53. The number of benzene rings is 9. The first-order chi connectivity index (χ1) is 43.7. The SMILES string of the molecule is [2H]c1ccc(-c2c([2H])c([2H])c(-c3c(-c4c([2H])c([2H])c(N(c5cc6c(c([2H])c5[2H])-c5c([2H])cccc5C6(C([2H])([2H])[2H])C([2H])([2H])[2H])c5c([2H])c([2H])c6c(c5[2H])C(C([2H])([2H])[2H])(C([2H])([2H])[2H])c5c([2H])cc([2H])c([2H])c5-6)c([2H])c4[2H])c([2H])cc4cc([2H])c([2H])c([2H])c34)c([2H])c2[2H])c([2H])c1[2H]. The summed E-state index contributed by atoms with van der Waals surface area (Å²) in [5, 5.41) is -0.774. The molecule has 9 aromatic rings. The zero-order valence-corrected chi connectivity index (χ0v) is 30.1. The van der Waals surface area contributed by atoms with Crippen molar-refractivity contribution in [3.05, 3.63) is 222 Å². The van der Waals surface area contributed by atoms with E-state index in [1.165, 1.54) is 0 Å². The Hall–Kier alpha value is -6.96. The molecule has 2 aliphatic carbocycles. The molecule has 1 heteroatoms. The van der Waals surface area contributed by atoms with Crippen molar-refractivity contribution in [1.82, 2.24) is 0 Å². The molecule has 0 spiro atoms. The van der Waals surface area contributed by atoms with Crippen molar-refractivity contribution in [2.45, 2.75) is 38.2 Å². The summed E-state index contributed by atoms with van der Waals surface area (Å²) in [7, 11) is 0. The lowest BCUT2D eigenvalue weighted by Gasteiger charge is -2.30. The largest absolute Gasteiger partial charge is 0.310 e. The molecule has 0 bridgehead atoms. The quantitative estimate of drug-likeness (QED) is 0.162. The van der Waals surface area contributed by atoms with Crippen LogP contribution in [0.4, 0.5) is 17.1 Å². The molecular formula is C58H45N. The van der Waals surface area contributed by atoms with Gasteiger partial charge < -0.3 is 4.90 Å². The Balaban J connectivity index is 1.35. The van der Waals surface area contributed by atoms with Crippen LogP contribution >= 0.6 is 0 Å². The van der Waals surface area contributed by atoms with Crippen molar-refractivity contribution in [3.8, 4) is 55.6 Å². The fourth-order valence-electron chi connectivity index (χ4n) is 7.49. The lowest BCUT2D eigenvalue weighted by Crippen LogP contribution is -2.18. The van der Waals surface area contributed by atoms with Gasteiger partial charge in [0.1, 0.15) is 0 Å². The van der Waals surface area contributed by atoms with Gasteiger partial charge in [-0.2, -0.15) is 0 Å². The van der Waals surface area contributed by atoms with Gasteiger partial charge in [0.15, 0.2) is 0 Å². The van der Waals surface area contributed by atoms with Crippen LogP contribution in [0.25, 0.3) is 66.4 Å². The van der Waals surface area contributed by atoms with Crippen molar-refractivity contribution < 1.29 is 49.3 Å². The van der Waals surface area contributed by atoms with Crippen molar-refractivity contribution in [1.29, 1.82) is 0 Å². The van der Waals surface area contributed by atoms with Crippen molar-refractivity contribution in [3.63, 3.8) is 0 Å². The molecule has 282 valence electrons. The van der Waals surface area contributed by atoms with E-state index in [0.29, 0.717) is 12.1 Å². The maximum Gasteiger partial charge on any atom is 0.0648 e. The standard InChI is InChI=1S/C58H45N/c1-57(2)52-20-12-10-18-48(52)50-34-31-44(36-54(50)57)59(45-32-35-51-49-19-11-13-21-53(49)58(3,4)55(51)37-45)43-29-26-41(27-30-43)47-33-28-40-16-8-9-17-46(40)56(47)42-24-22-39(23-25-42)38-14-6-5-7-15-38/h5-37H,1-4H3/i1D3,2D3,3D3,4D3,5D,6D,8D,9D,10D,14D,17D,18D,19D,20D,22D,23D,24D,25D,26D,27D,29D,30D,31D,32D,33D,34D,35D,36D. The molecule has 0 amide bonds. The van der Waals surface area contributed by atoms with Gasteiger partial charge in [0, 0.05) is 44.3 Å². The first-order valence-corrected chi connectivity index (χ1v) is 17.9. The van der Waals surface area contributed by atoms with Gasteiger partial charge in [0.2, 0.25) is 0 Å². The summed E-state index contributed by atoms with van der Waals surface area (Å²) in [4.78, 5) is 0.277. The van der Waals surface area contributed by atoms with E-state index >= 15 is 0 Å². The molecule has 0 aliphatic heterocycles. The van der Waals surface area contributed by atoms with E-state index in [4.69, 9.17) is 28.8 Å². The van der Waals surface area contributed by atoms with Crippen LogP contribution in [0.15, 0.2) is 200 Å². The highest BCUT2D eigenvalue weighted by Crippen LogP contribution is 2.53. The first kappa shape index (κ1) is 14.1. The van der Waals surface area contributed by atoms with Crippen LogP contribution in [-0.2, 0) is 10.8 Å². The summed E-state index contributed by atoms with van der Waals surface area (Å²) in [5.41, 5.74) is -21.9. The van der Waals surface area contributed by atoms with Crippen LogP contribution in [0.2, 0.25) is 0 Å².